The van der Waals surface area contributed by atoms with E-state index in [0.29, 0.717) is 46.1 Å². The maximum absolute atomic E-state index is 12.2. The van der Waals surface area contributed by atoms with Crippen LogP contribution >= 0.6 is 0 Å². The van der Waals surface area contributed by atoms with Crippen molar-refractivity contribution in [3.05, 3.63) is 5.21 Å². The van der Waals surface area contributed by atoms with Gasteiger partial charge in [-0.3, -0.25) is 0 Å². The second-order valence-corrected chi connectivity index (χ2v) is 3.83. The van der Waals surface area contributed by atoms with Crippen LogP contribution in [-0.4, -0.2) is 71.2 Å². The smallest absolute Gasteiger partial charge is 0.207 e. The van der Waals surface area contributed by atoms with Gasteiger partial charge in [-0.05, 0) is 0 Å². The van der Waals surface area contributed by atoms with E-state index in [-0.39, 0.29) is 4.65 Å². The first-order valence-corrected chi connectivity index (χ1v) is 5.48. The van der Waals surface area contributed by atoms with E-state index in [2.05, 4.69) is 0 Å². The van der Waals surface area contributed by atoms with Crippen LogP contribution in [0.4, 0.5) is 0 Å². The molecule has 0 radical (unpaired) electrons. The van der Waals surface area contributed by atoms with Gasteiger partial charge in [0.15, 0.2) is 0 Å². The average Bonchev–Trinajstić information content (AvgIpc) is 2.29. The van der Waals surface area contributed by atoms with Crippen molar-refractivity contribution in [3.63, 3.8) is 0 Å². The Hall–Kier alpha value is -0.240. The number of morpholine rings is 1. The van der Waals surface area contributed by atoms with E-state index >= 15 is 0 Å². The van der Waals surface area contributed by atoms with E-state index in [9.17, 15) is 5.21 Å². The third-order valence-corrected chi connectivity index (χ3v) is 2.62. The number of ether oxygens (including phenoxy) is 4. The van der Waals surface area contributed by atoms with E-state index in [4.69, 9.17) is 18.9 Å². The molecule has 0 bridgehead atoms. The van der Waals surface area contributed by atoms with Crippen LogP contribution in [-0.2, 0) is 18.9 Å². The van der Waals surface area contributed by atoms with Crippen LogP contribution in [0.2, 0.25) is 0 Å². The molecule has 0 aromatic carbocycles. The molecule has 0 saturated carbocycles. The third kappa shape index (κ3) is 4.73. The Bertz CT molecular complexity index is 184. The summed E-state index contributed by atoms with van der Waals surface area (Å²) in [4.78, 5) is 0. The summed E-state index contributed by atoms with van der Waals surface area (Å²) in [5.74, 6) is 0. The minimum absolute atomic E-state index is 0.300. The van der Waals surface area contributed by atoms with Gasteiger partial charge in [-0.25, -0.2) is 0 Å². The van der Waals surface area contributed by atoms with Gasteiger partial charge >= 0.3 is 0 Å². The molecule has 0 N–H and O–H groups in total. The van der Waals surface area contributed by atoms with Crippen LogP contribution in [0.25, 0.3) is 0 Å². The van der Waals surface area contributed by atoms with E-state index in [1.807, 2.05) is 0 Å². The standard InChI is InChI=1S/C10H21NO5/c1-13-7-8-16-10(14-2)9-11(12)3-5-15-6-4-11/h10H,3-9H2,1-2H3. The molecule has 0 aromatic heterocycles. The highest BCUT2D eigenvalue weighted by atomic mass is 16.7. The van der Waals surface area contributed by atoms with Crippen LogP contribution < -0.4 is 0 Å². The maximum Gasteiger partial charge on any atom is 0.207 e. The number of methoxy groups -OCH3 is 2. The number of hydrogen-bond donors (Lipinski definition) is 0. The van der Waals surface area contributed by atoms with E-state index in [1.165, 1.54) is 0 Å². The third-order valence-electron chi connectivity index (χ3n) is 2.62. The van der Waals surface area contributed by atoms with Gasteiger partial charge in [0.2, 0.25) is 6.29 Å². The first kappa shape index (κ1) is 13.8. The summed E-state index contributed by atoms with van der Waals surface area (Å²) >= 11 is 0. The molecular weight excluding hydrogens is 214 g/mol. The molecule has 0 amide bonds. The summed E-state index contributed by atoms with van der Waals surface area (Å²) < 4.78 is 20.3. The fourth-order valence-corrected chi connectivity index (χ4v) is 1.59. The molecule has 6 nitrogen and oxygen atoms in total. The van der Waals surface area contributed by atoms with Crippen LogP contribution in [0.5, 0.6) is 0 Å². The van der Waals surface area contributed by atoms with Crippen molar-refractivity contribution >= 4 is 0 Å². The fourth-order valence-electron chi connectivity index (χ4n) is 1.59. The minimum Gasteiger partial charge on any atom is -0.633 e. The Morgan fingerprint density at radius 2 is 1.94 bits per heavy atom. The average molecular weight is 235 g/mol. The summed E-state index contributed by atoms with van der Waals surface area (Å²) in [6.07, 6.45) is -0.467. The van der Waals surface area contributed by atoms with Crippen LogP contribution in [0.1, 0.15) is 0 Å². The molecule has 0 aromatic rings. The van der Waals surface area contributed by atoms with Gasteiger partial charge in [0, 0.05) is 14.2 Å². The minimum atomic E-state index is -0.467. The van der Waals surface area contributed by atoms with Gasteiger partial charge in [0.05, 0.1) is 26.4 Å². The molecule has 1 aliphatic heterocycles. The molecule has 6 heteroatoms. The number of quaternary nitrogens is 1. The van der Waals surface area contributed by atoms with Crippen LogP contribution in [0, 0.1) is 5.21 Å². The van der Waals surface area contributed by atoms with Crippen molar-refractivity contribution in [3.8, 4) is 0 Å². The van der Waals surface area contributed by atoms with Crippen molar-refractivity contribution in [2.45, 2.75) is 6.29 Å². The van der Waals surface area contributed by atoms with E-state index < -0.39 is 6.29 Å². The summed E-state index contributed by atoms with van der Waals surface area (Å²) in [5, 5.41) is 12.2. The molecule has 1 fully saturated rings. The lowest BCUT2D eigenvalue weighted by Crippen LogP contribution is -2.54. The highest BCUT2D eigenvalue weighted by Crippen LogP contribution is 2.12. The molecule has 1 unspecified atom stereocenters. The molecule has 1 rings (SSSR count). The van der Waals surface area contributed by atoms with Crippen LogP contribution in [0.3, 0.4) is 0 Å². The molecule has 0 aliphatic carbocycles. The van der Waals surface area contributed by atoms with Gasteiger partial charge in [-0.15, -0.1) is 0 Å². The number of rotatable bonds is 7. The SMILES string of the molecule is COCCOC(C[N+]1([O-])CCOCC1)OC. The van der Waals surface area contributed by atoms with Gasteiger partial charge in [-0.1, -0.05) is 0 Å². The summed E-state index contributed by atoms with van der Waals surface area (Å²) in [7, 11) is 3.15. The van der Waals surface area contributed by atoms with Crippen LogP contribution in [0.15, 0.2) is 0 Å². The molecule has 1 aliphatic rings. The van der Waals surface area contributed by atoms with E-state index in [1.54, 1.807) is 14.2 Å². The Kier molecular flexibility index (Phi) is 6.18. The number of hydroxylamine groups is 3. The molecule has 0 spiro atoms. The normalized spacial score (nSPS) is 21.9. The Morgan fingerprint density at radius 1 is 1.25 bits per heavy atom. The highest BCUT2D eigenvalue weighted by Gasteiger charge is 2.26. The largest absolute Gasteiger partial charge is 0.633 e. The second kappa shape index (κ2) is 7.16. The van der Waals surface area contributed by atoms with E-state index in [0.717, 1.165) is 0 Å². The zero-order valence-electron chi connectivity index (χ0n) is 10.0. The lowest BCUT2D eigenvalue weighted by Gasteiger charge is -2.46. The van der Waals surface area contributed by atoms with Gasteiger partial charge in [0.1, 0.15) is 19.6 Å². The Labute approximate surface area is 96.2 Å². The summed E-state index contributed by atoms with van der Waals surface area (Å²) in [5.41, 5.74) is 0. The number of hydrogen-bond acceptors (Lipinski definition) is 5. The monoisotopic (exact) mass is 235 g/mol. The van der Waals surface area contributed by atoms with Gasteiger partial charge in [-0.2, -0.15) is 0 Å². The lowest BCUT2D eigenvalue weighted by molar-refractivity contribution is -0.894. The summed E-state index contributed by atoms with van der Waals surface area (Å²) in [6.45, 7) is 3.20. The molecule has 1 saturated heterocycles. The molecule has 1 atom stereocenters. The Morgan fingerprint density at radius 3 is 2.50 bits per heavy atom. The Balaban J connectivity index is 2.29. The molecule has 1 heterocycles. The predicted octanol–water partition coefficient (Wildman–Crippen LogP) is -0.0333. The lowest BCUT2D eigenvalue weighted by atomic mass is 10.4. The van der Waals surface area contributed by atoms with Crippen molar-refractivity contribution in [1.82, 2.24) is 0 Å². The summed E-state index contributed by atoms with van der Waals surface area (Å²) in [6, 6.07) is 0. The zero-order valence-corrected chi connectivity index (χ0v) is 10.0. The fraction of sp³-hybridized carbons (Fsp3) is 1.00. The molecule has 16 heavy (non-hydrogen) atoms. The van der Waals surface area contributed by atoms with Gasteiger partial charge < -0.3 is 28.8 Å². The predicted molar refractivity (Wildman–Crippen MR) is 57.7 cm³/mol. The first-order chi connectivity index (χ1) is 7.70. The van der Waals surface area contributed by atoms with Crippen molar-refractivity contribution in [1.29, 1.82) is 0 Å². The van der Waals surface area contributed by atoms with Crippen molar-refractivity contribution in [2.75, 3.05) is 60.3 Å². The quantitative estimate of drug-likeness (QED) is 0.268. The van der Waals surface area contributed by atoms with Crippen molar-refractivity contribution in [2.24, 2.45) is 0 Å². The molecule has 96 valence electrons. The molecular formula is C10H21NO5. The first-order valence-electron chi connectivity index (χ1n) is 5.48. The van der Waals surface area contributed by atoms with Gasteiger partial charge in [0.25, 0.3) is 0 Å². The highest BCUT2D eigenvalue weighted by molar-refractivity contribution is 4.53. The van der Waals surface area contributed by atoms with Crippen molar-refractivity contribution < 1.29 is 23.6 Å². The topological polar surface area (TPSA) is 60.0 Å². The second-order valence-electron chi connectivity index (χ2n) is 3.83. The zero-order chi connectivity index (χ0) is 11.9. The maximum atomic E-state index is 12.2. The number of nitrogens with zero attached hydrogens (tertiary/aromatic N) is 1.